The molecule has 4 aromatic rings. The van der Waals surface area contributed by atoms with Gasteiger partial charge in [-0.25, -0.2) is 9.37 Å². The van der Waals surface area contributed by atoms with Crippen molar-refractivity contribution in [2.45, 2.75) is 32.2 Å². The van der Waals surface area contributed by atoms with Gasteiger partial charge in [0, 0.05) is 18.5 Å². The highest BCUT2D eigenvalue weighted by molar-refractivity contribution is 5.94. The van der Waals surface area contributed by atoms with Gasteiger partial charge in [-0.1, -0.05) is 24.3 Å². The number of carbonyl (C=O) groups is 1. The molecule has 3 heterocycles. The summed E-state index contributed by atoms with van der Waals surface area (Å²) in [4.78, 5) is 19.6. The van der Waals surface area contributed by atoms with Gasteiger partial charge in [-0.05, 0) is 55.7 Å². The maximum Gasteiger partial charge on any atom is 0.272 e. The average molecular weight is 461 g/mol. The van der Waals surface area contributed by atoms with Crippen LogP contribution in [0.25, 0.3) is 11.3 Å². The van der Waals surface area contributed by atoms with Crippen LogP contribution in [0.5, 0.6) is 5.75 Å². The SMILES string of the molecule is CCOc1ccccc1-c1cc(C(=O)N2CCC[C@@H]2c2ncc(Cc3ccc(F)cc3)o2)[nH]n1. The van der Waals surface area contributed by atoms with Gasteiger partial charge in [0.2, 0.25) is 5.89 Å². The highest BCUT2D eigenvalue weighted by Gasteiger charge is 2.34. The molecule has 8 heteroatoms. The number of rotatable bonds is 7. The van der Waals surface area contributed by atoms with Crippen molar-refractivity contribution in [3.63, 3.8) is 0 Å². The van der Waals surface area contributed by atoms with Crippen molar-refractivity contribution >= 4 is 5.91 Å². The molecule has 1 N–H and O–H groups in total. The third-order valence-electron chi connectivity index (χ3n) is 5.93. The molecular weight excluding hydrogens is 435 g/mol. The normalized spacial score (nSPS) is 15.6. The van der Waals surface area contributed by atoms with E-state index in [-0.39, 0.29) is 17.8 Å². The van der Waals surface area contributed by atoms with E-state index in [0.29, 0.717) is 42.6 Å². The van der Waals surface area contributed by atoms with E-state index in [1.807, 2.05) is 31.2 Å². The van der Waals surface area contributed by atoms with Crippen LogP contribution in [0.4, 0.5) is 4.39 Å². The lowest BCUT2D eigenvalue weighted by molar-refractivity contribution is 0.0708. The van der Waals surface area contributed by atoms with Crippen LogP contribution < -0.4 is 4.74 Å². The number of hydrogen-bond donors (Lipinski definition) is 1. The average Bonchev–Trinajstić information content (AvgIpc) is 3.61. The first-order valence-electron chi connectivity index (χ1n) is 11.4. The molecule has 1 amide bonds. The summed E-state index contributed by atoms with van der Waals surface area (Å²) in [6.45, 7) is 3.09. The number of benzene rings is 2. The van der Waals surface area contributed by atoms with Crippen molar-refractivity contribution in [1.82, 2.24) is 20.1 Å². The summed E-state index contributed by atoms with van der Waals surface area (Å²) in [5, 5.41) is 7.24. The molecule has 0 saturated carbocycles. The Labute approximate surface area is 196 Å². The van der Waals surface area contributed by atoms with Crippen LogP contribution in [0.15, 0.2) is 65.2 Å². The lowest BCUT2D eigenvalue weighted by Crippen LogP contribution is -2.31. The van der Waals surface area contributed by atoms with Crippen LogP contribution in [0.1, 0.15) is 53.5 Å². The molecule has 1 fully saturated rings. The van der Waals surface area contributed by atoms with Gasteiger partial charge in [0.25, 0.3) is 5.91 Å². The Kier molecular flexibility index (Phi) is 6.12. The Hall–Kier alpha value is -3.94. The monoisotopic (exact) mass is 460 g/mol. The molecule has 174 valence electrons. The Bertz CT molecular complexity index is 1280. The van der Waals surface area contributed by atoms with Crippen LogP contribution >= 0.6 is 0 Å². The number of likely N-dealkylation sites (tertiary alicyclic amines) is 1. The summed E-state index contributed by atoms with van der Waals surface area (Å²) in [5.41, 5.74) is 2.82. The molecule has 0 unspecified atom stereocenters. The van der Waals surface area contributed by atoms with Crippen LogP contribution in [-0.4, -0.2) is 39.1 Å². The number of nitrogens with zero attached hydrogens (tertiary/aromatic N) is 3. The summed E-state index contributed by atoms with van der Waals surface area (Å²) < 4.78 is 24.9. The molecule has 0 spiro atoms. The number of carbonyl (C=O) groups excluding carboxylic acids is 1. The zero-order chi connectivity index (χ0) is 23.5. The van der Waals surface area contributed by atoms with Gasteiger partial charge in [0.05, 0.1) is 18.5 Å². The van der Waals surface area contributed by atoms with Gasteiger partial charge >= 0.3 is 0 Å². The van der Waals surface area contributed by atoms with Crippen LogP contribution in [-0.2, 0) is 6.42 Å². The molecule has 5 rings (SSSR count). The number of ether oxygens (including phenoxy) is 1. The van der Waals surface area contributed by atoms with Gasteiger partial charge in [-0.2, -0.15) is 5.10 Å². The largest absolute Gasteiger partial charge is 0.493 e. The summed E-state index contributed by atoms with van der Waals surface area (Å²) >= 11 is 0. The molecule has 0 aliphatic carbocycles. The van der Waals surface area contributed by atoms with Crippen LogP contribution in [0.3, 0.4) is 0 Å². The highest BCUT2D eigenvalue weighted by atomic mass is 19.1. The standard InChI is InChI=1S/C26H25FN4O3/c1-2-33-24-8-4-3-6-20(24)21-15-22(30-29-21)26(32)31-13-5-7-23(31)25-28-16-19(34-25)14-17-9-11-18(27)12-10-17/h3-4,6,8-12,15-16,23H,2,5,7,13-14H2,1H3,(H,29,30)/t23-/m1/s1. The van der Waals surface area contributed by atoms with Gasteiger partial charge in [0.1, 0.15) is 29.1 Å². The number of aromatic nitrogens is 3. The predicted octanol–water partition coefficient (Wildman–Crippen LogP) is 5.17. The highest BCUT2D eigenvalue weighted by Crippen LogP contribution is 2.34. The van der Waals surface area contributed by atoms with E-state index in [1.165, 1.54) is 12.1 Å². The fourth-order valence-corrected chi connectivity index (χ4v) is 4.31. The van der Waals surface area contributed by atoms with Crippen molar-refractivity contribution in [2.24, 2.45) is 0 Å². The van der Waals surface area contributed by atoms with Gasteiger partial charge in [-0.15, -0.1) is 0 Å². The number of para-hydroxylation sites is 1. The fourth-order valence-electron chi connectivity index (χ4n) is 4.31. The van der Waals surface area contributed by atoms with Gasteiger partial charge < -0.3 is 14.1 Å². The minimum atomic E-state index is -0.273. The van der Waals surface area contributed by atoms with Gasteiger partial charge in [-0.3, -0.25) is 9.89 Å². The molecule has 1 saturated heterocycles. The van der Waals surface area contributed by atoms with E-state index in [4.69, 9.17) is 9.15 Å². The molecule has 0 bridgehead atoms. The first kappa shape index (κ1) is 21.9. The quantitative estimate of drug-likeness (QED) is 0.411. The van der Waals surface area contributed by atoms with E-state index < -0.39 is 0 Å². The lowest BCUT2D eigenvalue weighted by Gasteiger charge is -2.21. The van der Waals surface area contributed by atoms with E-state index >= 15 is 0 Å². The second-order valence-electron chi connectivity index (χ2n) is 8.22. The Balaban J connectivity index is 1.32. The number of halogens is 1. The minimum Gasteiger partial charge on any atom is -0.493 e. The minimum absolute atomic E-state index is 0.145. The molecule has 1 aliphatic rings. The second-order valence-corrected chi connectivity index (χ2v) is 8.22. The maximum atomic E-state index is 13.3. The van der Waals surface area contributed by atoms with Crippen molar-refractivity contribution in [3.05, 3.63) is 89.5 Å². The number of aromatic amines is 1. The molecule has 1 aliphatic heterocycles. The third kappa shape index (κ3) is 4.44. The molecule has 2 aromatic carbocycles. The van der Waals surface area contributed by atoms with E-state index in [0.717, 1.165) is 29.7 Å². The Morgan fingerprint density at radius 3 is 2.88 bits per heavy atom. The van der Waals surface area contributed by atoms with Crippen molar-refractivity contribution in [2.75, 3.05) is 13.2 Å². The third-order valence-corrected chi connectivity index (χ3v) is 5.93. The zero-order valence-electron chi connectivity index (χ0n) is 18.8. The molecule has 0 radical (unpaired) electrons. The summed E-state index contributed by atoms with van der Waals surface area (Å²) in [6.07, 6.45) is 3.83. The number of H-pyrrole nitrogens is 1. The molecule has 1 atom stereocenters. The number of nitrogens with one attached hydrogen (secondary N) is 1. The smallest absolute Gasteiger partial charge is 0.272 e. The number of amides is 1. The van der Waals surface area contributed by atoms with Crippen LogP contribution in [0.2, 0.25) is 0 Å². The van der Waals surface area contributed by atoms with E-state index in [1.54, 1.807) is 29.3 Å². The lowest BCUT2D eigenvalue weighted by atomic mass is 10.1. The van der Waals surface area contributed by atoms with Crippen molar-refractivity contribution < 1.29 is 18.3 Å². The Morgan fingerprint density at radius 2 is 2.06 bits per heavy atom. The van der Waals surface area contributed by atoms with E-state index in [2.05, 4.69) is 15.2 Å². The summed E-state index contributed by atoms with van der Waals surface area (Å²) in [7, 11) is 0. The molecule has 7 nitrogen and oxygen atoms in total. The molecule has 2 aromatic heterocycles. The van der Waals surface area contributed by atoms with Crippen molar-refractivity contribution in [3.8, 4) is 17.0 Å². The zero-order valence-corrected chi connectivity index (χ0v) is 18.8. The molecule has 34 heavy (non-hydrogen) atoms. The maximum absolute atomic E-state index is 13.3. The Morgan fingerprint density at radius 1 is 1.24 bits per heavy atom. The summed E-state index contributed by atoms with van der Waals surface area (Å²) in [6, 6.07) is 15.4. The second kappa shape index (κ2) is 9.51. The predicted molar refractivity (Wildman–Crippen MR) is 124 cm³/mol. The van der Waals surface area contributed by atoms with E-state index in [9.17, 15) is 9.18 Å². The number of oxazole rings is 1. The fraction of sp³-hybridized carbons (Fsp3) is 0.269. The first-order chi connectivity index (χ1) is 16.6. The van der Waals surface area contributed by atoms with Crippen LogP contribution in [0, 0.1) is 5.82 Å². The topological polar surface area (TPSA) is 84.2 Å². The van der Waals surface area contributed by atoms with Crippen molar-refractivity contribution in [1.29, 1.82) is 0 Å². The number of hydrogen-bond acceptors (Lipinski definition) is 5. The van der Waals surface area contributed by atoms with Gasteiger partial charge in [0.15, 0.2) is 0 Å². The summed E-state index contributed by atoms with van der Waals surface area (Å²) in [5.74, 6) is 1.50. The molecular formula is C26H25FN4O3. The first-order valence-corrected chi connectivity index (χ1v) is 11.4.